The molecule has 2 rings (SSSR count). The summed E-state index contributed by atoms with van der Waals surface area (Å²) in [4.78, 5) is 12.3. The maximum Gasteiger partial charge on any atom is 0.273 e. The van der Waals surface area contributed by atoms with E-state index in [1.165, 1.54) is 0 Å². The van der Waals surface area contributed by atoms with E-state index in [0.717, 1.165) is 9.35 Å². The fourth-order valence-corrected chi connectivity index (χ4v) is 2.61. The van der Waals surface area contributed by atoms with Gasteiger partial charge in [0.15, 0.2) is 5.11 Å². The Morgan fingerprint density at radius 1 is 1.50 bits per heavy atom. The second kappa shape index (κ2) is 3.80. The summed E-state index contributed by atoms with van der Waals surface area (Å²) in [6.45, 7) is 0. The lowest BCUT2D eigenvalue weighted by molar-refractivity contribution is -0.115. The maximum atomic E-state index is 11.3. The Labute approximate surface area is 98.3 Å². The topological polar surface area (TPSA) is 41.1 Å². The molecule has 0 saturated carbocycles. The summed E-state index contributed by atoms with van der Waals surface area (Å²) in [6.07, 6.45) is 1.77. The molecule has 0 atom stereocenters. The monoisotopic (exact) mass is 288 g/mol. The Hall–Kier alpha value is -0.720. The molecule has 1 amide bonds. The van der Waals surface area contributed by atoms with Gasteiger partial charge in [0.25, 0.3) is 5.91 Å². The summed E-state index contributed by atoms with van der Waals surface area (Å²) in [5.74, 6) is -0.181. The first-order chi connectivity index (χ1) is 6.65. The van der Waals surface area contributed by atoms with Gasteiger partial charge in [0.05, 0.1) is 0 Å². The van der Waals surface area contributed by atoms with Crippen LogP contribution in [-0.2, 0) is 4.79 Å². The standard InChI is InChI=1S/C8H5BrN2OS2/c9-4-1-5(14-3-4)2-6-7(12)11-8(13)10-6/h1-3H,(H2,10,11,12,13)/b6-2+. The molecule has 1 aromatic rings. The van der Waals surface area contributed by atoms with Gasteiger partial charge in [-0.05, 0) is 40.3 Å². The molecule has 0 aromatic carbocycles. The second-order valence-electron chi connectivity index (χ2n) is 2.63. The van der Waals surface area contributed by atoms with Gasteiger partial charge in [0.1, 0.15) is 5.70 Å². The third-order valence-electron chi connectivity index (χ3n) is 1.59. The van der Waals surface area contributed by atoms with Crippen LogP contribution >= 0.6 is 39.5 Å². The largest absolute Gasteiger partial charge is 0.328 e. The predicted octanol–water partition coefficient (Wildman–Crippen LogP) is 1.86. The predicted molar refractivity (Wildman–Crippen MR) is 63.9 cm³/mol. The number of carbonyl (C=O) groups excluding carboxylic acids is 1. The summed E-state index contributed by atoms with van der Waals surface area (Å²) >= 11 is 9.70. The maximum absolute atomic E-state index is 11.3. The van der Waals surface area contributed by atoms with Crippen molar-refractivity contribution in [3.05, 3.63) is 26.5 Å². The summed E-state index contributed by atoms with van der Waals surface area (Å²) in [5, 5.41) is 7.60. The third-order valence-corrected chi connectivity index (χ3v) is 3.44. The number of amides is 1. The first-order valence-corrected chi connectivity index (χ1v) is 5.81. The van der Waals surface area contributed by atoms with Crippen LogP contribution in [-0.4, -0.2) is 11.0 Å². The molecule has 72 valence electrons. The molecule has 1 aliphatic rings. The summed E-state index contributed by atoms with van der Waals surface area (Å²) < 4.78 is 1.01. The average molecular weight is 289 g/mol. The van der Waals surface area contributed by atoms with Crippen LogP contribution in [0.25, 0.3) is 6.08 Å². The average Bonchev–Trinajstić information content (AvgIpc) is 2.61. The molecule has 1 fully saturated rings. The van der Waals surface area contributed by atoms with E-state index in [1.54, 1.807) is 17.4 Å². The van der Waals surface area contributed by atoms with E-state index in [2.05, 4.69) is 26.6 Å². The first-order valence-electron chi connectivity index (χ1n) is 3.73. The molecular formula is C8H5BrN2OS2. The molecule has 3 nitrogen and oxygen atoms in total. The van der Waals surface area contributed by atoms with E-state index in [-0.39, 0.29) is 5.91 Å². The van der Waals surface area contributed by atoms with Crippen LogP contribution < -0.4 is 10.6 Å². The Bertz CT molecular complexity index is 438. The number of nitrogens with one attached hydrogen (secondary N) is 2. The fourth-order valence-electron chi connectivity index (χ4n) is 1.03. The summed E-state index contributed by atoms with van der Waals surface area (Å²) in [5.41, 5.74) is 0.490. The molecule has 6 heteroatoms. The molecular weight excluding hydrogens is 284 g/mol. The molecule has 2 N–H and O–H groups in total. The second-order valence-corrected chi connectivity index (χ2v) is 4.90. The van der Waals surface area contributed by atoms with Crippen molar-refractivity contribution in [2.24, 2.45) is 0 Å². The number of thiophene rings is 1. The van der Waals surface area contributed by atoms with Crippen LogP contribution in [0.2, 0.25) is 0 Å². The van der Waals surface area contributed by atoms with Crippen LogP contribution in [0.5, 0.6) is 0 Å². The van der Waals surface area contributed by atoms with E-state index in [9.17, 15) is 4.79 Å². The molecule has 0 spiro atoms. The number of carbonyl (C=O) groups is 1. The smallest absolute Gasteiger partial charge is 0.273 e. The van der Waals surface area contributed by atoms with Crippen LogP contribution in [0.15, 0.2) is 21.6 Å². The lowest BCUT2D eigenvalue weighted by Gasteiger charge is -1.91. The van der Waals surface area contributed by atoms with Gasteiger partial charge in [0, 0.05) is 14.7 Å². The Morgan fingerprint density at radius 3 is 2.79 bits per heavy atom. The van der Waals surface area contributed by atoms with Gasteiger partial charge in [-0.15, -0.1) is 11.3 Å². The van der Waals surface area contributed by atoms with Gasteiger partial charge in [0.2, 0.25) is 0 Å². The van der Waals surface area contributed by atoms with E-state index < -0.39 is 0 Å². The van der Waals surface area contributed by atoms with Crippen molar-refractivity contribution in [2.45, 2.75) is 0 Å². The SMILES string of the molecule is O=C1NC(=S)N/C1=C/c1cc(Br)cs1. The highest BCUT2D eigenvalue weighted by atomic mass is 79.9. The Morgan fingerprint density at radius 2 is 2.29 bits per heavy atom. The molecule has 0 aliphatic carbocycles. The van der Waals surface area contributed by atoms with Crippen molar-refractivity contribution < 1.29 is 4.79 Å². The van der Waals surface area contributed by atoms with Gasteiger partial charge >= 0.3 is 0 Å². The van der Waals surface area contributed by atoms with Crippen LogP contribution in [0, 0.1) is 0 Å². The van der Waals surface area contributed by atoms with E-state index in [0.29, 0.717) is 10.8 Å². The normalized spacial score (nSPS) is 18.5. The highest BCUT2D eigenvalue weighted by molar-refractivity contribution is 9.10. The van der Waals surface area contributed by atoms with Crippen molar-refractivity contribution in [2.75, 3.05) is 0 Å². The van der Waals surface area contributed by atoms with Crippen LogP contribution in [0.3, 0.4) is 0 Å². The minimum absolute atomic E-state index is 0.181. The lowest BCUT2D eigenvalue weighted by atomic mass is 10.3. The Kier molecular flexibility index (Phi) is 2.66. The summed E-state index contributed by atoms with van der Waals surface area (Å²) in [6, 6.07) is 1.94. The minimum atomic E-state index is -0.181. The molecule has 2 heterocycles. The highest BCUT2D eigenvalue weighted by Crippen LogP contribution is 2.22. The lowest BCUT2D eigenvalue weighted by Crippen LogP contribution is -2.21. The van der Waals surface area contributed by atoms with E-state index in [4.69, 9.17) is 12.2 Å². The van der Waals surface area contributed by atoms with E-state index >= 15 is 0 Å². The van der Waals surface area contributed by atoms with Gasteiger partial charge in [-0.1, -0.05) is 0 Å². The van der Waals surface area contributed by atoms with Crippen LogP contribution in [0.1, 0.15) is 4.88 Å². The molecule has 1 saturated heterocycles. The molecule has 0 bridgehead atoms. The zero-order valence-electron chi connectivity index (χ0n) is 6.83. The minimum Gasteiger partial charge on any atom is -0.328 e. The first kappa shape index (κ1) is 9.82. The summed E-state index contributed by atoms with van der Waals surface area (Å²) in [7, 11) is 0. The number of thiocarbonyl (C=S) groups is 1. The fraction of sp³-hybridized carbons (Fsp3) is 0. The van der Waals surface area contributed by atoms with Crippen molar-refractivity contribution >= 4 is 56.6 Å². The highest BCUT2D eigenvalue weighted by Gasteiger charge is 2.19. The number of halogens is 1. The molecule has 0 radical (unpaired) electrons. The third kappa shape index (κ3) is 2.02. The number of rotatable bonds is 1. The zero-order valence-corrected chi connectivity index (χ0v) is 10.1. The van der Waals surface area contributed by atoms with Gasteiger partial charge < -0.3 is 5.32 Å². The molecule has 14 heavy (non-hydrogen) atoms. The van der Waals surface area contributed by atoms with Gasteiger partial charge in [-0.2, -0.15) is 0 Å². The molecule has 0 unspecified atom stereocenters. The van der Waals surface area contributed by atoms with Crippen molar-refractivity contribution in [1.82, 2.24) is 10.6 Å². The quantitative estimate of drug-likeness (QED) is 0.612. The Balaban J connectivity index is 2.27. The van der Waals surface area contributed by atoms with Gasteiger partial charge in [-0.25, -0.2) is 0 Å². The van der Waals surface area contributed by atoms with Gasteiger partial charge in [-0.3, -0.25) is 10.1 Å². The number of hydrogen-bond acceptors (Lipinski definition) is 3. The molecule has 1 aromatic heterocycles. The number of hydrogen-bond donors (Lipinski definition) is 2. The molecule has 1 aliphatic heterocycles. The van der Waals surface area contributed by atoms with Crippen molar-refractivity contribution in [1.29, 1.82) is 0 Å². The van der Waals surface area contributed by atoms with Crippen molar-refractivity contribution in [3.63, 3.8) is 0 Å². The van der Waals surface area contributed by atoms with Crippen molar-refractivity contribution in [3.8, 4) is 0 Å². The van der Waals surface area contributed by atoms with Crippen LogP contribution in [0.4, 0.5) is 0 Å². The zero-order chi connectivity index (χ0) is 10.1. The van der Waals surface area contributed by atoms with E-state index in [1.807, 2.05) is 11.4 Å².